The molecule has 1 amide bonds. The molecule has 0 aliphatic carbocycles. The Kier molecular flexibility index (Phi) is 5.22. The van der Waals surface area contributed by atoms with E-state index in [-0.39, 0.29) is 24.0 Å². The van der Waals surface area contributed by atoms with Crippen molar-refractivity contribution in [2.24, 2.45) is 5.41 Å². The van der Waals surface area contributed by atoms with E-state index in [1.54, 1.807) is 0 Å². The van der Waals surface area contributed by atoms with Crippen LogP contribution in [0.5, 0.6) is 0 Å². The highest BCUT2D eigenvalue weighted by Gasteiger charge is 2.38. The average molecular weight is 228 g/mol. The highest BCUT2D eigenvalue weighted by atomic mass is 16.3. The molecule has 16 heavy (non-hydrogen) atoms. The lowest BCUT2D eigenvalue weighted by molar-refractivity contribution is -0.133. The molecule has 4 heteroatoms. The first-order chi connectivity index (χ1) is 7.64. The van der Waals surface area contributed by atoms with Crippen LogP contribution in [0.1, 0.15) is 39.5 Å². The van der Waals surface area contributed by atoms with Gasteiger partial charge in [0, 0.05) is 12.6 Å². The molecule has 2 atom stereocenters. The Labute approximate surface area is 97.8 Å². The number of amides is 1. The maximum atomic E-state index is 12.2. The summed E-state index contributed by atoms with van der Waals surface area (Å²) in [5.74, 6) is 0.100. The topological polar surface area (TPSA) is 61.4 Å². The van der Waals surface area contributed by atoms with E-state index in [0.717, 1.165) is 38.8 Å². The lowest BCUT2D eigenvalue weighted by atomic mass is 9.76. The van der Waals surface area contributed by atoms with Gasteiger partial charge >= 0.3 is 0 Å². The Balaban J connectivity index is 2.64. The molecule has 0 spiro atoms. The second kappa shape index (κ2) is 6.21. The fraction of sp³-hybridized carbons (Fsp3) is 0.917. The molecule has 1 fully saturated rings. The van der Waals surface area contributed by atoms with Crippen molar-refractivity contribution < 1.29 is 9.90 Å². The summed E-state index contributed by atoms with van der Waals surface area (Å²) in [6.45, 7) is 5.72. The highest BCUT2D eigenvalue weighted by Crippen LogP contribution is 2.31. The van der Waals surface area contributed by atoms with E-state index < -0.39 is 0 Å². The van der Waals surface area contributed by atoms with Crippen LogP contribution in [0.2, 0.25) is 0 Å². The van der Waals surface area contributed by atoms with Gasteiger partial charge in [-0.05, 0) is 32.7 Å². The number of hydrogen-bond donors (Lipinski definition) is 3. The zero-order chi connectivity index (χ0) is 12.0. The van der Waals surface area contributed by atoms with Crippen LogP contribution in [0.3, 0.4) is 0 Å². The monoisotopic (exact) mass is 228 g/mol. The quantitative estimate of drug-likeness (QED) is 0.647. The van der Waals surface area contributed by atoms with Crippen LogP contribution in [-0.4, -0.2) is 36.8 Å². The molecule has 94 valence electrons. The van der Waals surface area contributed by atoms with Crippen molar-refractivity contribution in [2.45, 2.75) is 45.6 Å². The molecule has 0 radical (unpaired) electrons. The van der Waals surface area contributed by atoms with E-state index in [2.05, 4.69) is 17.6 Å². The molecule has 0 saturated carbocycles. The Morgan fingerprint density at radius 3 is 2.88 bits per heavy atom. The Morgan fingerprint density at radius 2 is 2.38 bits per heavy atom. The summed E-state index contributed by atoms with van der Waals surface area (Å²) >= 11 is 0. The zero-order valence-electron chi connectivity index (χ0n) is 10.4. The van der Waals surface area contributed by atoms with Crippen LogP contribution in [0.15, 0.2) is 0 Å². The van der Waals surface area contributed by atoms with Gasteiger partial charge in [-0.15, -0.1) is 0 Å². The zero-order valence-corrected chi connectivity index (χ0v) is 10.4. The van der Waals surface area contributed by atoms with Crippen LogP contribution in [0, 0.1) is 5.41 Å². The van der Waals surface area contributed by atoms with Gasteiger partial charge in [0.05, 0.1) is 12.0 Å². The Bertz CT molecular complexity index is 220. The minimum atomic E-state index is -0.254. The van der Waals surface area contributed by atoms with Crippen molar-refractivity contribution >= 4 is 5.91 Å². The summed E-state index contributed by atoms with van der Waals surface area (Å²) in [6.07, 6.45) is 3.95. The van der Waals surface area contributed by atoms with E-state index in [1.807, 2.05) is 6.92 Å². The smallest absolute Gasteiger partial charge is 0.227 e. The van der Waals surface area contributed by atoms with Crippen molar-refractivity contribution in [3.8, 4) is 0 Å². The van der Waals surface area contributed by atoms with E-state index in [0.29, 0.717) is 0 Å². The van der Waals surface area contributed by atoms with E-state index >= 15 is 0 Å². The molecule has 0 aromatic rings. The molecule has 0 aromatic heterocycles. The van der Waals surface area contributed by atoms with Crippen LogP contribution in [0.25, 0.3) is 0 Å². The summed E-state index contributed by atoms with van der Waals surface area (Å²) in [5, 5.41) is 15.2. The number of nitrogens with one attached hydrogen (secondary N) is 2. The lowest BCUT2D eigenvalue weighted by Gasteiger charge is -2.37. The summed E-state index contributed by atoms with van der Waals surface area (Å²) in [7, 11) is 0. The molecule has 0 aromatic carbocycles. The first-order valence-electron chi connectivity index (χ1n) is 6.27. The van der Waals surface area contributed by atoms with E-state index in [4.69, 9.17) is 5.11 Å². The second-order valence-electron chi connectivity index (χ2n) is 4.87. The van der Waals surface area contributed by atoms with Gasteiger partial charge in [0.1, 0.15) is 0 Å². The minimum Gasteiger partial charge on any atom is -0.394 e. The fourth-order valence-corrected chi connectivity index (χ4v) is 2.39. The van der Waals surface area contributed by atoms with Crippen LogP contribution >= 0.6 is 0 Å². The van der Waals surface area contributed by atoms with E-state index in [9.17, 15) is 4.79 Å². The fourth-order valence-electron chi connectivity index (χ4n) is 2.39. The van der Waals surface area contributed by atoms with Crippen molar-refractivity contribution in [1.82, 2.24) is 10.6 Å². The summed E-state index contributed by atoms with van der Waals surface area (Å²) in [4.78, 5) is 12.2. The summed E-state index contributed by atoms with van der Waals surface area (Å²) in [5.41, 5.74) is -0.254. The molecule has 1 unspecified atom stereocenters. The molecular weight excluding hydrogens is 204 g/mol. The molecule has 1 saturated heterocycles. The van der Waals surface area contributed by atoms with Crippen LogP contribution in [-0.2, 0) is 4.79 Å². The van der Waals surface area contributed by atoms with Crippen molar-refractivity contribution in [3.05, 3.63) is 0 Å². The van der Waals surface area contributed by atoms with Gasteiger partial charge in [0.15, 0.2) is 0 Å². The van der Waals surface area contributed by atoms with Crippen molar-refractivity contribution in [1.29, 1.82) is 0 Å². The number of aliphatic hydroxyl groups excluding tert-OH is 1. The summed E-state index contributed by atoms with van der Waals surface area (Å²) in [6, 6.07) is -0.150. The molecule has 1 aliphatic heterocycles. The van der Waals surface area contributed by atoms with E-state index in [1.165, 1.54) is 0 Å². The van der Waals surface area contributed by atoms with Crippen LogP contribution in [0.4, 0.5) is 0 Å². The average Bonchev–Trinajstić information content (AvgIpc) is 2.30. The van der Waals surface area contributed by atoms with Crippen LogP contribution < -0.4 is 10.6 Å². The van der Waals surface area contributed by atoms with Gasteiger partial charge in [-0.25, -0.2) is 0 Å². The van der Waals surface area contributed by atoms with Crippen molar-refractivity contribution in [2.75, 3.05) is 19.7 Å². The molecular formula is C12H24N2O2. The Hall–Kier alpha value is -0.610. The number of piperidine rings is 1. The normalized spacial score (nSPS) is 27.4. The summed E-state index contributed by atoms with van der Waals surface area (Å²) < 4.78 is 0. The molecule has 4 nitrogen and oxygen atoms in total. The Morgan fingerprint density at radius 1 is 1.62 bits per heavy atom. The molecule has 3 N–H and O–H groups in total. The third-order valence-electron chi connectivity index (χ3n) is 3.33. The molecule has 0 bridgehead atoms. The number of carbonyl (C=O) groups is 1. The predicted octanol–water partition coefficient (Wildman–Crippen LogP) is 0.653. The first-order valence-corrected chi connectivity index (χ1v) is 6.27. The first kappa shape index (κ1) is 13.5. The molecule has 1 rings (SSSR count). The van der Waals surface area contributed by atoms with Gasteiger partial charge in [-0.2, -0.15) is 0 Å². The maximum Gasteiger partial charge on any atom is 0.227 e. The van der Waals surface area contributed by atoms with Gasteiger partial charge in [0.25, 0.3) is 0 Å². The number of hydrogen-bond acceptors (Lipinski definition) is 3. The second-order valence-corrected chi connectivity index (χ2v) is 4.87. The highest BCUT2D eigenvalue weighted by molar-refractivity contribution is 5.83. The molecule has 1 heterocycles. The number of carbonyl (C=O) groups excluding carboxylic acids is 1. The lowest BCUT2D eigenvalue weighted by Crippen LogP contribution is -2.52. The SMILES string of the molecule is CCCC1(C(=O)N[C@H](C)CO)CCCNC1. The third-order valence-corrected chi connectivity index (χ3v) is 3.33. The van der Waals surface area contributed by atoms with Gasteiger partial charge in [0.2, 0.25) is 5.91 Å². The van der Waals surface area contributed by atoms with Crippen molar-refractivity contribution in [3.63, 3.8) is 0 Å². The third kappa shape index (κ3) is 3.19. The number of rotatable bonds is 5. The standard InChI is InChI=1S/C12H24N2O2/c1-3-5-12(6-4-7-13-9-12)11(16)14-10(2)8-15/h10,13,15H,3-9H2,1-2H3,(H,14,16)/t10-,12?/m1/s1. The predicted molar refractivity (Wildman–Crippen MR) is 64.1 cm³/mol. The largest absolute Gasteiger partial charge is 0.394 e. The van der Waals surface area contributed by atoms with Gasteiger partial charge in [-0.3, -0.25) is 4.79 Å². The van der Waals surface area contributed by atoms with Gasteiger partial charge < -0.3 is 15.7 Å². The van der Waals surface area contributed by atoms with Gasteiger partial charge in [-0.1, -0.05) is 13.3 Å². The minimum absolute atomic E-state index is 0.00136. The number of aliphatic hydroxyl groups is 1. The maximum absolute atomic E-state index is 12.2. The molecule has 1 aliphatic rings.